The second-order valence-corrected chi connectivity index (χ2v) is 5.00. The Hall–Kier alpha value is -1.56. The third kappa shape index (κ3) is 4.46. The molecule has 0 aliphatic heterocycles. The van der Waals surface area contributed by atoms with E-state index in [0.29, 0.717) is 21.8 Å². The maximum Gasteiger partial charge on any atom is 0.258 e. The molecule has 0 atom stereocenters. The highest BCUT2D eigenvalue weighted by Gasteiger charge is 2.12. The predicted molar refractivity (Wildman–Crippen MR) is 87.8 cm³/mol. The molecule has 0 aliphatic carbocycles. The zero-order valence-corrected chi connectivity index (χ0v) is 13.4. The average molecular weight is 343 g/mol. The molecule has 0 bridgehead atoms. The van der Waals surface area contributed by atoms with Gasteiger partial charge < -0.3 is 5.32 Å². The van der Waals surface area contributed by atoms with Crippen molar-refractivity contribution in [3.63, 3.8) is 0 Å². The lowest BCUT2D eigenvalue weighted by molar-refractivity contribution is 0.102. The monoisotopic (exact) mass is 342 g/mol. The van der Waals surface area contributed by atoms with E-state index in [1.165, 1.54) is 11.8 Å². The van der Waals surface area contributed by atoms with Gasteiger partial charge in [0.2, 0.25) is 0 Å². The molecule has 1 N–H and O–H groups in total. The van der Waals surface area contributed by atoms with Gasteiger partial charge in [-0.25, -0.2) is 4.98 Å². The zero-order chi connectivity index (χ0) is 14.5. The first-order valence-electron chi connectivity index (χ1n) is 5.72. The molecule has 0 aliphatic rings. The molecule has 0 fully saturated rings. The molecule has 110 valence electrons. The fourth-order valence-electron chi connectivity index (χ4n) is 1.61. The molecule has 2 aromatic rings. The summed E-state index contributed by atoms with van der Waals surface area (Å²) in [7, 11) is 0. The number of thioether (sulfide) groups is 1. The minimum Gasteiger partial charge on any atom is -0.322 e. The van der Waals surface area contributed by atoms with E-state index < -0.39 is 5.24 Å². The highest BCUT2D eigenvalue weighted by Crippen LogP contribution is 2.19. The van der Waals surface area contributed by atoms with Gasteiger partial charge in [0.05, 0.1) is 5.56 Å². The number of carbonyl (C=O) groups is 2. The fourth-order valence-corrected chi connectivity index (χ4v) is 2.28. The Labute approximate surface area is 137 Å². The summed E-state index contributed by atoms with van der Waals surface area (Å²) in [6, 6.07) is 9.80. The number of nitrogens with zero attached hydrogens (tertiary/aromatic N) is 1. The van der Waals surface area contributed by atoms with E-state index >= 15 is 0 Å². The van der Waals surface area contributed by atoms with E-state index in [1.807, 2.05) is 6.26 Å². The van der Waals surface area contributed by atoms with Crippen LogP contribution in [0.3, 0.4) is 0 Å². The normalized spacial score (nSPS) is 9.62. The van der Waals surface area contributed by atoms with Crippen LogP contribution >= 0.6 is 35.8 Å². The van der Waals surface area contributed by atoms with Crippen LogP contribution in [-0.4, -0.2) is 22.4 Å². The number of benzene rings is 1. The van der Waals surface area contributed by atoms with Gasteiger partial charge in [-0.3, -0.25) is 9.59 Å². The Balaban J connectivity index is 0.00000220. The van der Waals surface area contributed by atoms with Crippen LogP contribution in [0.15, 0.2) is 47.6 Å². The van der Waals surface area contributed by atoms with Gasteiger partial charge in [-0.15, -0.1) is 24.2 Å². The first kappa shape index (κ1) is 17.5. The number of pyridine rings is 1. The van der Waals surface area contributed by atoms with Crippen LogP contribution in [0.5, 0.6) is 0 Å². The van der Waals surface area contributed by atoms with Crippen LogP contribution in [0.2, 0.25) is 0 Å². The highest BCUT2D eigenvalue weighted by atomic mass is 35.5. The number of anilines is 1. The van der Waals surface area contributed by atoms with Crippen LogP contribution in [-0.2, 0) is 0 Å². The van der Waals surface area contributed by atoms with Gasteiger partial charge in [-0.1, -0.05) is 0 Å². The van der Waals surface area contributed by atoms with Crippen molar-refractivity contribution in [2.75, 3.05) is 11.6 Å². The van der Waals surface area contributed by atoms with E-state index in [0.717, 1.165) is 0 Å². The van der Waals surface area contributed by atoms with Gasteiger partial charge in [0.25, 0.3) is 11.1 Å². The van der Waals surface area contributed by atoms with Gasteiger partial charge in [0, 0.05) is 17.4 Å². The van der Waals surface area contributed by atoms with E-state index in [-0.39, 0.29) is 18.3 Å². The molecule has 1 aromatic heterocycles. The van der Waals surface area contributed by atoms with Crippen molar-refractivity contribution in [1.29, 1.82) is 0 Å². The zero-order valence-electron chi connectivity index (χ0n) is 11.0. The maximum atomic E-state index is 12.2. The average Bonchev–Trinajstić information content (AvgIpc) is 2.47. The molecule has 0 spiro atoms. The number of hydrogen-bond donors (Lipinski definition) is 1. The second kappa shape index (κ2) is 8.02. The third-order valence-electron chi connectivity index (χ3n) is 2.58. The molecular formula is C14H12Cl2N2O2S. The molecule has 21 heavy (non-hydrogen) atoms. The lowest BCUT2D eigenvalue weighted by Crippen LogP contribution is -2.13. The Morgan fingerprint density at radius 1 is 1.19 bits per heavy atom. The lowest BCUT2D eigenvalue weighted by atomic mass is 10.2. The van der Waals surface area contributed by atoms with Crippen LogP contribution in [0.25, 0.3) is 0 Å². The molecule has 0 saturated heterocycles. The van der Waals surface area contributed by atoms with E-state index in [4.69, 9.17) is 11.6 Å². The van der Waals surface area contributed by atoms with Crippen molar-refractivity contribution >= 4 is 52.6 Å². The van der Waals surface area contributed by atoms with Crippen LogP contribution in [0.1, 0.15) is 20.7 Å². The van der Waals surface area contributed by atoms with E-state index in [9.17, 15) is 9.59 Å². The molecule has 0 unspecified atom stereocenters. The van der Waals surface area contributed by atoms with Crippen LogP contribution < -0.4 is 5.32 Å². The summed E-state index contributed by atoms with van der Waals surface area (Å²) in [4.78, 5) is 27.2. The number of hydrogen-bond acceptors (Lipinski definition) is 4. The molecule has 1 heterocycles. The number of rotatable bonds is 4. The summed E-state index contributed by atoms with van der Waals surface area (Å²) in [5.74, 6) is -0.243. The number of amides is 1. The van der Waals surface area contributed by atoms with Crippen molar-refractivity contribution in [2.45, 2.75) is 5.03 Å². The molecule has 1 aromatic carbocycles. The van der Waals surface area contributed by atoms with E-state index in [1.54, 1.807) is 42.6 Å². The highest BCUT2D eigenvalue weighted by molar-refractivity contribution is 7.98. The fraction of sp³-hybridized carbons (Fsp3) is 0.0714. The molecule has 1 amide bonds. The molecule has 0 saturated carbocycles. The first-order chi connectivity index (χ1) is 9.61. The topological polar surface area (TPSA) is 59.1 Å². The summed E-state index contributed by atoms with van der Waals surface area (Å²) >= 11 is 6.77. The number of carbonyl (C=O) groups excluding carboxylic acids is 2. The SMILES string of the molecule is CSc1ncccc1C(=O)Nc1ccc(C(=O)Cl)cc1.Cl. The summed E-state index contributed by atoms with van der Waals surface area (Å²) < 4.78 is 0. The lowest BCUT2D eigenvalue weighted by Gasteiger charge is -2.08. The summed E-state index contributed by atoms with van der Waals surface area (Å²) in [5, 5.41) is 2.89. The standard InChI is InChI=1S/C14H11ClN2O2S.ClH/c1-20-14-11(3-2-8-16-14)13(19)17-10-6-4-9(5-7-10)12(15)18;/h2-8H,1H3,(H,17,19);1H. The minimum atomic E-state index is -0.528. The molecule has 7 heteroatoms. The Morgan fingerprint density at radius 2 is 1.86 bits per heavy atom. The number of nitrogens with one attached hydrogen (secondary N) is 1. The smallest absolute Gasteiger partial charge is 0.258 e. The van der Waals surface area contributed by atoms with Crippen molar-refractivity contribution < 1.29 is 9.59 Å². The van der Waals surface area contributed by atoms with Gasteiger partial charge in [0.15, 0.2) is 0 Å². The largest absolute Gasteiger partial charge is 0.322 e. The summed E-state index contributed by atoms with van der Waals surface area (Å²) in [6.45, 7) is 0. The molecule has 0 radical (unpaired) electrons. The van der Waals surface area contributed by atoms with Gasteiger partial charge in [-0.2, -0.15) is 0 Å². The Kier molecular flexibility index (Phi) is 6.68. The summed E-state index contributed by atoms with van der Waals surface area (Å²) in [5.41, 5.74) is 1.49. The van der Waals surface area contributed by atoms with Gasteiger partial charge in [0.1, 0.15) is 5.03 Å². The van der Waals surface area contributed by atoms with Crippen molar-refractivity contribution in [3.05, 3.63) is 53.7 Å². The van der Waals surface area contributed by atoms with E-state index in [2.05, 4.69) is 10.3 Å². The Bertz CT molecular complexity index is 648. The second-order valence-electron chi connectivity index (χ2n) is 3.87. The van der Waals surface area contributed by atoms with Crippen LogP contribution in [0, 0.1) is 0 Å². The maximum absolute atomic E-state index is 12.2. The first-order valence-corrected chi connectivity index (χ1v) is 7.32. The Morgan fingerprint density at radius 3 is 2.43 bits per heavy atom. The number of halogens is 2. The van der Waals surface area contributed by atoms with Gasteiger partial charge in [-0.05, 0) is 54.3 Å². The third-order valence-corrected chi connectivity index (χ3v) is 3.51. The van der Waals surface area contributed by atoms with Crippen molar-refractivity contribution in [1.82, 2.24) is 4.98 Å². The van der Waals surface area contributed by atoms with Crippen molar-refractivity contribution in [2.24, 2.45) is 0 Å². The minimum absolute atomic E-state index is 0. The number of aromatic nitrogens is 1. The van der Waals surface area contributed by atoms with Gasteiger partial charge >= 0.3 is 0 Å². The molecular weight excluding hydrogens is 331 g/mol. The van der Waals surface area contributed by atoms with Crippen molar-refractivity contribution in [3.8, 4) is 0 Å². The molecule has 4 nitrogen and oxygen atoms in total. The predicted octanol–water partition coefficient (Wildman–Crippen LogP) is 3.86. The van der Waals surface area contributed by atoms with Crippen LogP contribution in [0.4, 0.5) is 5.69 Å². The quantitative estimate of drug-likeness (QED) is 0.677. The summed E-state index contributed by atoms with van der Waals surface area (Å²) in [6.07, 6.45) is 3.50. The molecule has 2 rings (SSSR count).